The van der Waals surface area contributed by atoms with Gasteiger partial charge < -0.3 is 19.8 Å². The average molecular weight is 470 g/mol. The molecule has 2 saturated heterocycles. The number of piperazine rings is 1. The monoisotopic (exact) mass is 470 g/mol. The number of alkyl halides is 3. The number of halogens is 5. The summed E-state index contributed by atoms with van der Waals surface area (Å²) < 4.78 is 68.1. The van der Waals surface area contributed by atoms with Crippen LogP contribution in [0, 0.1) is 17.6 Å². The van der Waals surface area contributed by atoms with Crippen LogP contribution in [0.4, 0.5) is 39.3 Å². The van der Waals surface area contributed by atoms with Gasteiger partial charge in [0.2, 0.25) is 0 Å². The summed E-state index contributed by atoms with van der Waals surface area (Å²) in [5.41, 5.74) is -0.302. The summed E-state index contributed by atoms with van der Waals surface area (Å²) in [6, 6.07) is 5.83. The number of piperidine rings is 1. The molecule has 0 bridgehead atoms. The average Bonchev–Trinajstić information content (AvgIpc) is 2.79. The maximum absolute atomic E-state index is 14.6. The van der Waals surface area contributed by atoms with E-state index in [1.165, 1.54) is 6.07 Å². The number of carboxylic acids is 1. The molecule has 2 aliphatic heterocycles. The summed E-state index contributed by atoms with van der Waals surface area (Å²) in [7, 11) is 0. The smallest absolute Gasteiger partial charge is 0.416 e. The van der Waals surface area contributed by atoms with Gasteiger partial charge in [0.15, 0.2) is 23.3 Å². The van der Waals surface area contributed by atoms with Gasteiger partial charge in [0.25, 0.3) is 0 Å². The Morgan fingerprint density at radius 1 is 0.879 bits per heavy atom. The van der Waals surface area contributed by atoms with Gasteiger partial charge in [-0.25, -0.2) is 13.8 Å². The summed E-state index contributed by atoms with van der Waals surface area (Å²) in [5, 5.41) is 9.13. The fourth-order valence-electron chi connectivity index (χ4n) is 4.28. The summed E-state index contributed by atoms with van der Waals surface area (Å²) in [5.74, 6) is -3.04. The Kier molecular flexibility index (Phi) is 6.31. The fourth-order valence-corrected chi connectivity index (χ4v) is 4.28. The highest BCUT2D eigenvalue weighted by Crippen LogP contribution is 2.33. The standard InChI is InChI=1S/C22H23F5N4O2/c23-17-13-18(24)20(28-19(17)30-6-4-14(5-7-30)21(32)33)31-10-8-29(9-11-31)16-3-1-2-15(12-16)22(25,26)27/h1-3,12-14H,4-11H2,(H,32,33). The molecular weight excluding hydrogens is 447 g/mol. The molecule has 0 spiro atoms. The normalized spacial score (nSPS) is 18.0. The first-order chi connectivity index (χ1) is 15.6. The Morgan fingerprint density at radius 3 is 1.97 bits per heavy atom. The van der Waals surface area contributed by atoms with Crippen LogP contribution in [0.25, 0.3) is 0 Å². The van der Waals surface area contributed by atoms with Crippen LogP contribution in [0.3, 0.4) is 0 Å². The molecule has 1 N–H and O–H groups in total. The van der Waals surface area contributed by atoms with Crippen LogP contribution in [0.15, 0.2) is 30.3 Å². The quantitative estimate of drug-likeness (QED) is 0.682. The number of benzene rings is 1. The largest absolute Gasteiger partial charge is 0.481 e. The number of carbonyl (C=O) groups is 1. The summed E-state index contributed by atoms with van der Waals surface area (Å²) in [6.45, 7) is 1.89. The van der Waals surface area contributed by atoms with E-state index >= 15 is 0 Å². The highest BCUT2D eigenvalue weighted by molar-refractivity contribution is 5.70. The molecule has 33 heavy (non-hydrogen) atoms. The minimum Gasteiger partial charge on any atom is -0.481 e. The second kappa shape index (κ2) is 9.03. The molecule has 0 unspecified atom stereocenters. The van der Waals surface area contributed by atoms with E-state index in [-0.39, 0.29) is 11.6 Å². The number of hydrogen-bond acceptors (Lipinski definition) is 5. The zero-order valence-corrected chi connectivity index (χ0v) is 17.7. The first-order valence-corrected chi connectivity index (χ1v) is 10.6. The lowest BCUT2D eigenvalue weighted by Crippen LogP contribution is -2.47. The van der Waals surface area contributed by atoms with Crippen molar-refractivity contribution in [3.8, 4) is 0 Å². The van der Waals surface area contributed by atoms with Crippen LogP contribution >= 0.6 is 0 Å². The number of anilines is 3. The number of pyridine rings is 1. The Morgan fingerprint density at radius 2 is 1.42 bits per heavy atom. The maximum Gasteiger partial charge on any atom is 0.416 e. The van der Waals surface area contributed by atoms with Gasteiger partial charge in [-0.3, -0.25) is 4.79 Å². The zero-order chi connectivity index (χ0) is 23.8. The first kappa shape index (κ1) is 23.1. The fraction of sp³-hybridized carbons (Fsp3) is 0.455. The molecule has 2 fully saturated rings. The number of aliphatic carboxylic acids is 1. The van der Waals surface area contributed by atoms with Crippen molar-refractivity contribution >= 4 is 23.3 Å². The molecule has 0 amide bonds. The van der Waals surface area contributed by atoms with Crippen molar-refractivity contribution in [1.82, 2.24) is 4.98 Å². The van der Waals surface area contributed by atoms with Crippen LogP contribution < -0.4 is 14.7 Å². The highest BCUT2D eigenvalue weighted by Gasteiger charge is 2.32. The first-order valence-electron chi connectivity index (χ1n) is 10.6. The van der Waals surface area contributed by atoms with Crippen molar-refractivity contribution in [3.63, 3.8) is 0 Å². The summed E-state index contributed by atoms with van der Waals surface area (Å²) in [6.07, 6.45) is -3.74. The van der Waals surface area contributed by atoms with E-state index in [1.54, 1.807) is 20.8 Å². The lowest BCUT2D eigenvalue weighted by molar-refractivity contribution is -0.142. The molecule has 4 rings (SSSR count). The molecule has 0 saturated carbocycles. The van der Waals surface area contributed by atoms with Gasteiger partial charge in [-0.2, -0.15) is 13.2 Å². The van der Waals surface area contributed by atoms with Gasteiger partial charge in [0.05, 0.1) is 11.5 Å². The molecule has 6 nitrogen and oxygen atoms in total. The van der Waals surface area contributed by atoms with Crippen molar-refractivity contribution in [2.24, 2.45) is 5.92 Å². The molecule has 178 valence electrons. The lowest BCUT2D eigenvalue weighted by atomic mass is 9.97. The van der Waals surface area contributed by atoms with Gasteiger partial charge >= 0.3 is 12.1 Å². The molecule has 3 heterocycles. The van der Waals surface area contributed by atoms with Gasteiger partial charge in [-0.1, -0.05) is 6.07 Å². The summed E-state index contributed by atoms with van der Waals surface area (Å²) in [4.78, 5) is 20.4. The van der Waals surface area contributed by atoms with Gasteiger partial charge in [0.1, 0.15) is 0 Å². The van der Waals surface area contributed by atoms with Crippen LogP contribution in [-0.4, -0.2) is 55.3 Å². The van der Waals surface area contributed by atoms with E-state index in [0.717, 1.165) is 18.2 Å². The van der Waals surface area contributed by atoms with E-state index in [4.69, 9.17) is 5.11 Å². The Balaban J connectivity index is 1.46. The molecule has 1 aromatic heterocycles. The Labute approximate surface area is 187 Å². The molecule has 0 aliphatic carbocycles. The highest BCUT2D eigenvalue weighted by atomic mass is 19.4. The topological polar surface area (TPSA) is 59.9 Å². The zero-order valence-electron chi connectivity index (χ0n) is 17.7. The minimum atomic E-state index is -4.44. The SMILES string of the molecule is O=C(O)C1CCN(c2nc(N3CCN(c4cccc(C(F)(F)F)c4)CC3)c(F)cc2F)CC1. The third kappa shape index (κ3) is 4.96. The van der Waals surface area contributed by atoms with E-state index in [9.17, 15) is 26.7 Å². The number of aromatic nitrogens is 1. The second-order valence-corrected chi connectivity index (χ2v) is 8.22. The molecule has 0 radical (unpaired) electrons. The van der Waals surface area contributed by atoms with Crippen LogP contribution in [-0.2, 0) is 11.0 Å². The van der Waals surface area contributed by atoms with Crippen molar-refractivity contribution in [2.45, 2.75) is 19.0 Å². The van der Waals surface area contributed by atoms with E-state index < -0.39 is 35.3 Å². The summed E-state index contributed by atoms with van der Waals surface area (Å²) >= 11 is 0. The van der Waals surface area contributed by atoms with Gasteiger partial charge in [-0.15, -0.1) is 0 Å². The molecule has 1 aromatic carbocycles. The Hall–Kier alpha value is -3.11. The third-order valence-electron chi connectivity index (χ3n) is 6.15. The number of hydrogen-bond donors (Lipinski definition) is 1. The van der Waals surface area contributed by atoms with Gasteiger partial charge in [0, 0.05) is 51.0 Å². The Bertz CT molecular complexity index is 1020. The van der Waals surface area contributed by atoms with Crippen LogP contribution in [0.1, 0.15) is 18.4 Å². The van der Waals surface area contributed by atoms with Crippen LogP contribution in [0.2, 0.25) is 0 Å². The van der Waals surface area contributed by atoms with Gasteiger partial charge in [-0.05, 0) is 31.0 Å². The molecule has 2 aromatic rings. The lowest BCUT2D eigenvalue weighted by Gasteiger charge is -2.37. The van der Waals surface area contributed by atoms with E-state index in [2.05, 4.69) is 4.98 Å². The maximum atomic E-state index is 14.6. The molecule has 0 atom stereocenters. The molecule has 2 aliphatic rings. The second-order valence-electron chi connectivity index (χ2n) is 8.22. The van der Waals surface area contributed by atoms with E-state index in [1.807, 2.05) is 0 Å². The molecular formula is C22H23F5N4O2. The van der Waals surface area contributed by atoms with Crippen molar-refractivity contribution in [1.29, 1.82) is 0 Å². The van der Waals surface area contributed by atoms with E-state index in [0.29, 0.717) is 57.8 Å². The predicted molar refractivity (Wildman–Crippen MR) is 113 cm³/mol. The van der Waals surface area contributed by atoms with Crippen molar-refractivity contribution in [2.75, 3.05) is 54.0 Å². The predicted octanol–water partition coefficient (Wildman–Crippen LogP) is 4.01. The minimum absolute atomic E-state index is 0.0180. The number of rotatable bonds is 4. The molecule has 11 heteroatoms. The van der Waals surface area contributed by atoms with Crippen molar-refractivity contribution < 1.29 is 31.9 Å². The van der Waals surface area contributed by atoms with Crippen molar-refractivity contribution in [3.05, 3.63) is 47.5 Å². The number of nitrogens with zero attached hydrogens (tertiary/aromatic N) is 4. The third-order valence-corrected chi connectivity index (χ3v) is 6.15. The van der Waals surface area contributed by atoms with Crippen LogP contribution in [0.5, 0.6) is 0 Å². The number of carboxylic acid groups (broad SMARTS) is 1.